The first-order chi connectivity index (χ1) is 11.2. The van der Waals surface area contributed by atoms with Crippen molar-refractivity contribution in [2.45, 2.75) is 45.7 Å². The van der Waals surface area contributed by atoms with E-state index in [1.807, 2.05) is 13.8 Å². The first-order valence-electron chi connectivity index (χ1n) is 7.85. The van der Waals surface area contributed by atoms with Gasteiger partial charge in [-0.25, -0.2) is 4.39 Å². The molecule has 0 saturated heterocycles. The van der Waals surface area contributed by atoms with Gasteiger partial charge in [-0.2, -0.15) is 0 Å². The molecule has 0 unspecified atom stereocenters. The van der Waals surface area contributed by atoms with E-state index in [1.165, 1.54) is 31.2 Å². The van der Waals surface area contributed by atoms with Crippen LogP contribution in [0.4, 0.5) is 4.39 Å². The maximum Gasteiger partial charge on any atom is 0.243 e. The van der Waals surface area contributed by atoms with Crippen LogP contribution in [0.3, 0.4) is 0 Å². The fourth-order valence-electron chi connectivity index (χ4n) is 2.29. The Morgan fingerprint density at radius 1 is 1.17 bits per heavy atom. The van der Waals surface area contributed by atoms with E-state index in [0.29, 0.717) is 12.0 Å². The van der Waals surface area contributed by atoms with Gasteiger partial charge in [0.05, 0.1) is 0 Å². The van der Waals surface area contributed by atoms with Gasteiger partial charge in [-0.1, -0.05) is 32.4 Å². The van der Waals surface area contributed by atoms with Gasteiger partial charge >= 0.3 is 0 Å². The summed E-state index contributed by atoms with van der Waals surface area (Å²) in [5.41, 5.74) is 6.03. The molecule has 0 aliphatic heterocycles. The van der Waals surface area contributed by atoms with Crippen molar-refractivity contribution >= 4 is 17.7 Å². The number of halogens is 1. The van der Waals surface area contributed by atoms with Crippen molar-refractivity contribution in [3.8, 4) is 0 Å². The van der Waals surface area contributed by atoms with E-state index in [0.717, 1.165) is 0 Å². The molecule has 0 aliphatic rings. The minimum atomic E-state index is -0.876. The molecule has 0 aliphatic carbocycles. The summed E-state index contributed by atoms with van der Waals surface area (Å²) in [6.07, 6.45) is 0.842. The summed E-state index contributed by atoms with van der Waals surface area (Å²) in [5, 5.41) is 5.15. The first-order valence-corrected chi connectivity index (χ1v) is 7.85. The van der Waals surface area contributed by atoms with Crippen LogP contribution in [0.2, 0.25) is 0 Å². The van der Waals surface area contributed by atoms with Crippen LogP contribution in [0.5, 0.6) is 0 Å². The lowest BCUT2D eigenvalue weighted by Crippen LogP contribution is -2.55. The summed E-state index contributed by atoms with van der Waals surface area (Å²) in [7, 11) is 0. The fraction of sp³-hybridized carbons (Fsp3) is 0.471. The lowest BCUT2D eigenvalue weighted by molar-refractivity contribution is -0.131. The molecule has 4 N–H and O–H groups in total. The standard InChI is InChI=1S/C17H24FN3O3/c1-4-10(2)15(16(19)23)21-17(24)14(20-11(3)22)9-12-5-7-13(18)8-6-12/h5-8,10,14-15H,4,9H2,1-3H3,(H2,19,23)(H,20,22)(H,21,24)/t10-,14+,15+/m0/s1. The highest BCUT2D eigenvalue weighted by Gasteiger charge is 2.28. The zero-order chi connectivity index (χ0) is 18.3. The SMILES string of the molecule is CC[C@H](C)[C@@H](NC(=O)[C@@H](Cc1ccc(F)cc1)NC(C)=O)C(N)=O. The number of nitrogens with two attached hydrogens (primary N) is 1. The molecule has 3 amide bonds. The van der Waals surface area contributed by atoms with Crippen molar-refractivity contribution in [1.82, 2.24) is 10.6 Å². The van der Waals surface area contributed by atoms with Gasteiger partial charge in [0.1, 0.15) is 17.9 Å². The van der Waals surface area contributed by atoms with Crippen LogP contribution in [0.15, 0.2) is 24.3 Å². The molecule has 7 heteroatoms. The molecule has 0 saturated carbocycles. The van der Waals surface area contributed by atoms with E-state index in [1.54, 1.807) is 0 Å². The van der Waals surface area contributed by atoms with Gasteiger partial charge < -0.3 is 16.4 Å². The third kappa shape index (κ3) is 5.98. The Kier molecular flexibility index (Phi) is 7.35. The Bertz CT molecular complexity index is 589. The van der Waals surface area contributed by atoms with Crippen LogP contribution >= 0.6 is 0 Å². The quantitative estimate of drug-likeness (QED) is 0.656. The van der Waals surface area contributed by atoms with E-state index in [4.69, 9.17) is 5.73 Å². The second-order valence-electron chi connectivity index (χ2n) is 5.86. The minimum absolute atomic E-state index is 0.129. The topological polar surface area (TPSA) is 101 Å². The average molecular weight is 337 g/mol. The second kappa shape index (κ2) is 9.00. The lowest BCUT2D eigenvalue weighted by atomic mass is 9.97. The van der Waals surface area contributed by atoms with E-state index in [-0.39, 0.29) is 24.1 Å². The summed E-state index contributed by atoms with van der Waals surface area (Å²) < 4.78 is 13.0. The summed E-state index contributed by atoms with van der Waals surface area (Å²) in [6.45, 7) is 4.99. The Hall–Kier alpha value is -2.44. The largest absolute Gasteiger partial charge is 0.368 e. The van der Waals surface area contributed by atoms with Crippen molar-refractivity contribution in [1.29, 1.82) is 0 Å². The van der Waals surface area contributed by atoms with Gasteiger partial charge in [-0.3, -0.25) is 14.4 Å². The minimum Gasteiger partial charge on any atom is -0.368 e. The van der Waals surface area contributed by atoms with Crippen molar-refractivity contribution in [3.05, 3.63) is 35.6 Å². The molecule has 132 valence electrons. The van der Waals surface area contributed by atoms with Crippen LogP contribution < -0.4 is 16.4 Å². The Morgan fingerprint density at radius 3 is 2.21 bits per heavy atom. The van der Waals surface area contributed by atoms with E-state index < -0.39 is 23.9 Å². The molecule has 0 spiro atoms. The first kappa shape index (κ1) is 19.6. The van der Waals surface area contributed by atoms with Gasteiger partial charge in [-0.15, -0.1) is 0 Å². The van der Waals surface area contributed by atoms with Gasteiger partial charge in [0, 0.05) is 13.3 Å². The lowest BCUT2D eigenvalue weighted by Gasteiger charge is -2.25. The van der Waals surface area contributed by atoms with Crippen LogP contribution in [-0.2, 0) is 20.8 Å². The number of benzene rings is 1. The average Bonchev–Trinajstić information content (AvgIpc) is 2.52. The molecule has 0 heterocycles. The van der Waals surface area contributed by atoms with E-state index in [2.05, 4.69) is 10.6 Å². The van der Waals surface area contributed by atoms with Crippen molar-refractivity contribution < 1.29 is 18.8 Å². The predicted octanol–water partition coefficient (Wildman–Crippen LogP) is 0.889. The molecule has 1 aromatic carbocycles. The zero-order valence-corrected chi connectivity index (χ0v) is 14.1. The number of rotatable bonds is 8. The summed E-state index contributed by atoms with van der Waals surface area (Å²) in [6, 6.07) is 3.95. The van der Waals surface area contributed by atoms with Crippen LogP contribution in [0, 0.1) is 11.7 Å². The summed E-state index contributed by atoms with van der Waals surface area (Å²) in [4.78, 5) is 35.4. The number of hydrogen-bond donors (Lipinski definition) is 3. The number of hydrogen-bond acceptors (Lipinski definition) is 3. The maximum absolute atomic E-state index is 13.0. The molecular formula is C17H24FN3O3. The second-order valence-corrected chi connectivity index (χ2v) is 5.86. The molecule has 3 atom stereocenters. The number of carbonyl (C=O) groups is 3. The predicted molar refractivity (Wildman–Crippen MR) is 88.3 cm³/mol. The highest BCUT2D eigenvalue weighted by molar-refractivity contribution is 5.91. The number of amides is 3. The third-order valence-corrected chi connectivity index (χ3v) is 3.86. The molecule has 0 fully saturated rings. The van der Waals surface area contributed by atoms with E-state index in [9.17, 15) is 18.8 Å². The molecule has 6 nitrogen and oxygen atoms in total. The maximum atomic E-state index is 13.0. The van der Waals surface area contributed by atoms with E-state index >= 15 is 0 Å². The fourth-order valence-corrected chi connectivity index (χ4v) is 2.29. The Labute approximate surface area is 141 Å². The van der Waals surface area contributed by atoms with Crippen molar-refractivity contribution in [2.24, 2.45) is 11.7 Å². The Morgan fingerprint density at radius 2 is 1.75 bits per heavy atom. The molecule has 0 bridgehead atoms. The molecular weight excluding hydrogens is 313 g/mol. The van der Waals surface area contributed by atoms with Gasteiger partial charge in [0.2, 0.25) is 17.7 Å². The number of carbonyl (C=O) groups excluding carboxylic acids is 3. The van der Waals surface area contributed by atoms with Crippen LogP contribution in [-0.4, -0.2) is 29.8 Å². The normalized spacial score (nSPS) is 14.3. The smallest absolute Gasteiger partial charge is 0.243 e. The molecule has 24 heavy (non-hydrogen) atoms. The highest BCUT2D eigenvalue weighted by Crippen LogP contribution is 2.10. The summed E-state index contributed by atoms with van der Waals surface area (Å²) in [5.74, 6) is -2.02. The zero-order valence-electron chi connectivity index (χ0n) is 14.1. The van der Waals surface area contributed by atoms with Gasteiger partial charge in [-0.05, 0) is 23.6 Å². The molecule has 1 rings (SSSR count). The third-order valence-electron chi connectivity index (χ3n) is 3.86. The molecule has 1 aromatic rings. The Balaban J connectivity index is 2.89. The molecule has 0 aromatic heterocycles. The van der Waals surface area contributed by atoms with Gasteiger partial charge in [0.25, 0.3) is 0 Å². The summed E-state index contributed by atoms with van der Waals surface area (Å²) >= 11 is 0. The van der Waals surface area contributed by atoms with Crippen LogP contribution in [0.25, 0.3) is 0 Å². The highest BCUT2D eigenvalue weighted by atomic mass is 19.1. The van der Waals surface area contributed by atoms with Gasteiger partial charge in [0.15, 0.2) is 0 Å². The van der Waals surface area contributed by atoms with Crippen molar-refractivity contribution in [2.75, 3.05) is 0 Å². The monoisotopic (exact) mass is 337 g/mol. The van der Waals surface area contributed by atoms with Crippen molar-refractivity contribution in [3.63, 3.8) is 0 Å². The molecule has 0 radical (unpaired) electrons. The number of nitrogens with one attached hydrogen (secondary N) is 2. The van der Waals surface area contributed by atoms with Crippen LogP contribution in [0.1, 0.15) is 32.8 Å². The number of primary amides is 1.